The quantitative estimate of drug-likeness (QED) is 0.618. The van der Waals surface area contributed by atoms with Gasteiger partial charge in [-0.25, -0.2) is 4.98 Å². The molecular formula is C17H20BrN6O+. The van der Waals surface area contributed by atoms with E-state index in [1.54, 1.807) is 18.0 Å². The van der Waals surface area contributed by atoms with E-state index >= 15 is 0 Å². The van der Waals surface area contributed by atoms with E-state index in [4.69, 9.17) is 4.84 Å². The van der Waals surface area contributed by atoms with Crippen molar-refractivity contribution in [1.29, 1.82) is 0 Å². The van der Waals surface area contributed by atoms with Crippen LogP contribution in [0.1, 0.15) is 24.8 Å². The Labute approximate surface area is 154 Å². The average Bonchev–Trinajstić information content (AvgIpc) is 2.97. The number of hydrogen-bond acceptors (Lipinski definition) is 5. The Morgan fingerprint density at radius 1 is 1.44 bits per heavy atom. The summed E-state index contributed by atoms with van der Waals surface area (Å²) in [4.78, 5) is 9.89. The fraction of sp³-hybridized carbons (Fsp3) is 0.353. The van der Waals surface area contributed by atoms with Crippen LogP contribution in [-0.2, 0) is 6.54 Å². The Balaban J connectivity index is 1.60. The van der Waals surface area contributed by atoms with Crippen LogP contribution >= 0.6 is 15.9 Å². The van der Waals surface area contributed by atoms with Crippen LogP contribution in [0.5, 0.6) is 0 Å². The molecule has 2 N–H and O–H groups in total. The first-order valence-electron chi connectivity index (χ1n) is 8.32. The molecule has 0 aromatic carbocycles. The van der Waals surface area contributed by atoms with E-state index in [-0.39, 0.29) is 0 Å². The van der Waals surface area contributed by atoms with Crippen molar-refractivity contribution in [2.24, 2.45) is 0 Å². The molecule has 0 amide bonds. The van der Waals surface area contributed by atoms with Crippen molar-refractivity contribution < 1.29 is 9.57 Å². The summed E-state index contributed by atoms with van der Waals surface area (Å²) in [5.74, 6) is 1.77. The van der Waals surface area contributed by atoms with Crippen molar-refractivity contribution in [1.82, 2.24) is 14.6 Å². The van der Waals surface area contributed by atoms with E-state index in [2.05, 4.69) is 36.6 Å². The summed E-state index contributed by atoms with van der Waals surface area (Å²) in [7, 11) is 1.64. The summed E-state index contributed by atoms with van der Waals surface area (Å²) in [5, 5.41) is 11.4. The van der Waals surface area contributed by atoms with Crippen LogP contribution in [0.3, 0.4) is 0 Å². The van der Waals surface area contributed by atoms with Crippen molar-refractivity contribution in [3.63, 3.8) is 0 Å². The van der Waals surface area contributed by atoms with Crippen LogP contribution in [0.2, 0.25) is 0 Å². The third-order valence-corrected chi connectivity index (χ3v) is 4.97. The van der Waals surface area contributed by atoms with Gasteiger partial charge in [0.05, 0.1) is 10.7 Å². The fourth-order valence-electron chi connectivity index (χ4n) is 2.81. The third kappa shape index (κ3) is 3.39. The molecule has 0 unspecified atom stereocenters. The molecule has 25 heavy (non-hydrogen) atoms. The highest BCUT2D eigenvalue weighted by Crippen LogP contribution is 2.26. The van der Waals surface area contributed by atoms with Gasteiger partial charge in [-0.1, -0.05) is 0 Å². The summed E-state index contributed by atoms with van der Waals surface area (Å²) in [6.45, 7) is 0.656. The molecule has 1 aliphatic carbocycles. The number of aromatic nitrogens is 4. The Bertz CT molecular complexity index is 892. The molecular weight excluding hydrogens is 384 g/mol. The lowest BCUT2D eigenvalue weighted by atomic mass is 9.93. The molecule has 130 valence electrons. The third-order valence-electron chi connectivity index (χ3n) is 4.41. The smallest absolute Gasteiger partial charge is 0.227 e. The van der Waals surface area contributed by atoms with Crippen LogP contribution in [0, 0.1) is 0 Å². The van der Waals surface area contributed by atoms with Crippen molar-refractivity contribution in [2.45, 2.75) is 31.8 Å². The van der Waals surface area contributed by atoms with Gasteiger partial charge in [0.2, 0.25) is 12.4 Å². The van der Waals surface area contributed by atoms with Gasteiger partial charge in [0.15, 0.2) is 5.65 Å². The highest BCUT2D eigenvalue weighted by Gasteiger charge is 2.19. The van der Waals surface area contributed by atoms with Crippen molar-refractivity contribution >= 4 is 33.2 Å². The molecule has 4 rings (SSSR count). The summed E-state index contributed by atoms with van der Waals surface area (Å²) < 4.78 is 4.36. The Morgan fingerprint density at radius 3 is 3.08 bits per heavy atom. The second-order valence-electron chi connectivity index (χ2n) is 6.13. The van der Waals surface area contributed by atoms with Crippen molar-refractivity contribution in [2.75, 3.05) is 17.7 Å². The molecule has 0 radical (unpaired) electrons. The van der Waals surface area contributed by atoms with Gasteiger partial charge in [0, 0.05) is 35.0 Å². The maximum atomic E-state index is 5.21. The second-order valence-corrected chi connectivity index (χ2v) is 6.99. The monoisotopic (exact) mass is 403 g/mol. The number of rotatable bonds is 6. The minimum Gasteiger partial charge on any atom is -0.367 e. The maximum Gasteiger partial charge on any atom is 0.227 e. The van der Waals surface area contributed by atoms with Gasteiger partial charge in [-0.15, -0.1) is 0 Å². The van der Waals surface area contributed by atoms with Gasteiger partial charge >= 0.3 is 0 Å². The molecule has 1 fully saturated rings. The van der Waals surface area contributed by atoms with Gasteiger partial charge in [-0.3, -0.25) is 4.84 Å². The molecule has 0 bridgehead atoms. The fourth-order valence-corrected chi connectivity index (χ4v) is 3.16. The minimum atomic E-state index is 0.527. The highest BCUT2D eigenvalue weighted by atomic mass is 79.9. The number of halogens is 1. The number of nitrogens with one attached hydrogen (secondary N) is 2. The van der Waals surface area contributed by atoms with Gasteiger partial charge < -0.3 is 10.6 Å². The zero-order chi connectivity index (χ0) is 17.2. The van der Waals surface area contributed by atoms with E-state index in [0.29, 0.717) is 12.6 Å². The summed E-state index contributed by atoms with van der Waals surface area (Å²) in [6.07, 6.45) is 9.27. The van der Waals surface area contributed by atoms with Gasteiger partial charge in [0.1, 0.15) is 18.7 Å². The summed E-state index contributed by atoms with van der Waals surface area (Å²) in [5.41, 5.74) is 1.90. The molecule has 3 aromatic rings. The van der Waals surface area contributed by atoms with Crippen LogP contribution in [0.25, 0.3) is 5.65 Å². The summed E-state index contributed by atoms with van der Waals surface area (Å²) >= 11 is 3.53. The Kier molecular flexibility index (Phi) is 4.44. The molecule has 1 saturated carbocycles. The zero-order valence-corrected chi connectivity index (χ0v) is 15.5. The highest BCUT2D eigenvalue weighted by molar-refractivity contribution is 9.10. The van der Waals surface area contributed by atoms with Crippen molar-refractivity contribution in [3.8, 4) is 0 Å². The van der Waals surface area contributed by atoms with Gasteiger partial charge in [-0.05, 0) is 41.3 Å². The SMILES string of the molecule is CO[n+]1cccc(CNc2cc(NC3CCC3)nc3c(Br)cnn23)c1. The lowest BCUT2D eigenvalue weighted by Crippen LogP contribution is -2.40. The first-order chi connectivity index (χ1) is 12.2. The lowest BCUT2D eigenvalue weighted by Gasteiger charge is -2.27. The largest absolute Gasteiger partial charge is 0.367 e. The molecule has 0 aliphatic heterocycles. The molecule has 8 heteroatoms. The minimum absolute atomic E-state index is 0.527. The van der Waals surface area contributed by atoms with Crippen molar-refractivity contribution in [3.05, 3.63) is 46.8 Å². The van der Waals surface area contributed by atoms with Crippen LogP contribution < -0.4 is 20.2 Å². The van der Waals surface area contributed by atoms with Crippen LogP contribution in [0.15, 0.2) is 41.3 Å². The first-order valence-corrected chi connectivity index (χ1v) is 9.11. The maximum absolute atomic E-state index is 5.21. The zero-order valence-electron chi connectivity index (χ0n) is 13.9. The number of pyridine rings is 1. The molecule has 1 aliphatic rings. The van der Waals surface area contributed by atoms with E-state index < -0.39 is 0 Å². The Hall–Kier alpha value is -2.35. The van der Waals surface area contributed by atoms with Gasteiger partial charge in [-0.2, -0.15) is 9.61 Å². The number of anilines is 2. The molecule has 0 saturated heterocycles. The first kappa shape index (κ1) is 16.1. The van der Waals surface area contributed by atoms with E-state index in [9.17, 15) is 0 Å². The predicted octanol–water partition coefficient (Wildman–Crippen LogP) is 2.41. The molecule has 0 atom stereocenters. The van der Waals surface area contributed by atoms with Crippen LogP contribution in [-0.4, -0.2) is 27.7 Å². The molecule has 7 nitrogen and oxygen atoms in total. The summed E-state index contributed by atoms with van der Waals surface area (Å²) in [6, 6.07) is 6.54. The Morgan fingerprint density at radius 2 is 2.32 bits per heavy atom. The lowest BCUT2D eigenvalue weighted by molar-refractivity contribution is -0.885. The standard InChI is InChI=1S/C17H20BrN6O/c1-25-23-7-3-4-12(11-23)9-19-16-8-15(21-13-5-2-6-13)22-17-14(18)10-20-24(16)17/h3-4,7-8,10-11,13,19H,2,5-6,9H2,1H3,(H,21,22)/q+1. The normalized spacial score (nSPS) is 14.3. The number of fused-ring (bicyclic) bond motifs is 1. The topological polar surface area (TPSA) is 67.4 Å². The molecule has 0 spiro atoms. The van der Waals surface area contributed by atoms with Crippen LogP contribution in [0.4, 0.5) is 11.6 Å². The van der Waals surface area contributed by atoms with E-state index in [0.717, 1.165) is 27.3 Å². The number of hydrogen-bond donors (Lipinski definition) is 2. The molecule has 3 aromatic heterocycles. The predicted molar refractivity (Wildman–Crippen MR) is 98.4 cm³/mol. The van der Waals surface area contributed by atoms with Gasteiger partial charge in [0.25, 0.3) is 0 Å². The second kappa shape index (κ2) is 6.87. The van der Waals surface area contributed by atoms with E-state index in [1.807, 2.05) is 35.1 Å². The number of nitrogens with zero attached hydrogens (tertiary/aromatic N) is 4. The average molecular weight is 404 g/mol. The van der Waals surface area contributed by atoms with E-state index in [1.165, 1.54) is 19.3 Å². The molecule has 3 heterocycles.